The molecule has 0 fully saturated rings. The van der Waals surface area contributed by atoms with Gasteiger partial charge in [-0.15, -0.1) is 0 Å². The van der Waals surface area contributed by atoms with Crippen molar-refractivity contribution in [2.45, 2.75) is 19.5 Å². The Hall–Kier alpha value is -1.58. The molecule has 0 spiro atoms. The Balaban J connectivity index is 2.28. The standard InChI is InChI=1S/C16H18ClFN2/c1-11(13-3-5-14(17)6-4-13)20(2)16-8-12(10-19)7-15(18)9-16/h3-9,11H,10,19H2,1-2H3. The molecule has 20 heavy (non-hydrogen) atoms. The maximum Gasteiger partial charge on any atom is 0.125 e. The second kappa shape index (κ2) is 6.25. The van der Waals surface area contributed by atoms with E-state index in [0.717, 1.165) is 16.8 Å². The fourth-order valence-corrected chi connectivity index (χ4v) is 2.27. The molecule has 2 aromatic rings. The van der Waals surface area contributed by atoms with Gasteiger partial charge in [-0.3, -0.25) is 0 Å². The van der Waals surface area contributed by atoms with Gasteiger partial charge in [-0.1, -0.05) is 23.7 Å². The summed E-state index contributed by atoms with van der Waals surface area (Å²) in [4.78, 5) is 2.02. The Bertz CT molecular complexity index is 584. The number of hydrogen-bond acceptors (Lipinski definition) is 2. The van der Waals surface area contributed by atoms with Gasteiger partial charge < -0.3 is 10.6 Å². The highest BCUT2D eigenvalue weighted by molar-refractivity contribution is 6.30. The highest BCUT2D eigenvalue weighted by Gasteiger charge is 2.13. The summed E-state index contributed by atoms with van der Waals surface area (Å²) < 4.78 is 13.6. The van der Waals surface area contributed by atoms with Gasteiger partial charge in [0, 0.05) is 24.3 Å². The molecular formula is C16H18ClFN2. The minimum absolute atomic E-state index is 0.111. The van der Waals surface area contributed by atoms with Crippen molar-refractivity contribution in [2.75, 3.05) is 11.9 Å². The molecular weight excluding hydrogens is 275 g/mol. The van der Waals surface area contributed by atoms with Crippen molar-refractivity contribution in [3.63, 3.8) is 0 Å². The molecule has 0 heterocycles. The molecule has 2 aromatic carbocycles. The lowest BCUT2D eigenvalue weighted by molar-refractivity contribution is 0.623. The first-order valence-electron chi connectivity index (χ1n) is 6.49. The van der Waals surface area contributed by atoms with E-state index in [1.165, 1.54) is 12.1 Å². The van der Waals surface area contributed by atoms with Crippen LogP contribution in [0.2, 0.25) is 5.02 Å². The molecule has 0 aliphatic heterocycles. The number of rotatable bonds is 4. The van der Waals surface area contributed by atoms with Gasteiger partial charge in [0.1, 0.15) is 5.82 Å². The number of nitrogens with two attached hydrogens (primary N) is 1. The predicted octanol–water partition coefficient (Wildman–Crippen LogP) is 4.14. The summed E-state index contributed by atoms with van der Waals surface area (Å²) in [5.41, 5.74) is 8.31. The Kier molecular flexibility index (Phi) is 4.63. The van der Waals surface area contributed by atoms with Gasteiger partial charge in [-0.25, -0.2) is 4.39 Å². The Morgan fingerprint density at radius 3 is 2.45 bits per heavy atom. The van der Waals surface area contributed by atoms with Crippen LogP contribution < -0.4 is 10.6 Å². The third-order valence-corrected chi connectivity index (χ3v) is 3.77. The number of hydrogen-bond donors (Lipinski definition) is 1. The van der Waals surface area contributed by atoms with Crippen LogP contribution in [0.25, 0.3) is 0 Å². The number of benzene rings is 2. The van der Waals surface area contributed by atoms with Gasteiger partial charge in [0.2, 0.25) is 0 Å². The summed E-state index contributed by atoms with van der Waals surface area (Å²) in [5.74, 6) is -0.266. The van der Waals surface area contributed by atoms with E-state index < -0.39 is 0 Å². The SMILES string of the molecule is CC(c1ccc(Cl)cc1)N(C)c1cc(F)cc(CN)c1. The van der Waals surface area contributed by atoms with Crippen LogP contribution in [0.5, 0.6) is 0 Å². The lowest BCUT2D eigenvalue weighted by Crippen LogP contribution is -2.22. The fraction of sp³-hybridized carbons (Fsp3) is 0.250. The second-order valence-corrected chi connectivity index (χ2v) is 5.30. The molecule has 2 nitrogen and oxygen atoms in total. The third kappa shape index (κ3) is 3.30. The van der Waals surface area contributed by atoms with Crippen molar-refractivity contribution in [3.05, 3.63) is 64.4 Å². The van der Waals surface area contributed by atoms with Crippen LogP contribution in [0, 0.1) is 5.82 Å². The minimum atomic E-state index is -0.266. The number of anilines is 1. The molecule has 0 radical (unpaired) electrons. The zero-order valence-corrected chi connectivity index (χ0v) is 12.4. The smallest absolute Gasteiger partial charge is 0.125 e. The van der Waals surface area contributed by atoms with E-state index in [4.69, 9.17) is 17.3 Å². The Morgan fingerprint density at radius 1 is 1.20 bits per heavy atom. The molecule has 0 saturated carbocycles. The van der Waals surface area contributed by atoms with E-state index in [9.17, 15) is 4.39 Å². The zero-order valence-electron chi connectivity index (χ0n) is 11.6. The van der Waals surface area contributed by atoms with E-state index in [-0.39, 0.29) is 11.9 Å². The van der Waals surface area contributed by atoms with Gasteiger partial charge in [0.05, 0.1) is 6.04 Å². The van der Waals surface area contributed by atoms with Crippen molar-refractivity contribution >= 4 is 17.3 Å². The second-order valence-electron chi connectivity index (χ2n) is 4.86. The summed E-state index contributed by atoms with van der Waals surface area (Å²) >= 11 is 5.90. The first-order chi connectivity index (χ1) is 9.51. The van der Waals surface area contributed by atoms with Crippen molar-refractivity contribution in [2.24, 2.45) is 5.73 Å². The summed E-state index contributed by atoms with van der Waals surface area (Å²) in [7, 11) is 1.94. The van der Waals surface area contributed by atoms with E-state index in [1.807, 2.05) is 42.3 Å². The van der Waals surface area contributed by atoms with E-state index in [1.54, 1.807) is 0 Å². The zero-order chi connectivity index (χ0) is 14.7. The van der Waals surface area contributed by atoms with Crippen molar-refractivity contribution in [1.29, 1.82) is 0 Å². The summed E-state index contributed by atoms with van der Waals surface area (Å²) in [6, 6.07) is 12.7. The molecule has 0 aromatic heterocycles. The Labute approximate surface area is 124 Å². The van der Waals surface area contributed by atoms with E-state index in [2.05, 4.69) is 6.92 Å². The topological polar surface area (TPSA) is 29.3 Å². The lowest BCUT2D eigenvalue weighted by Gasteiger charge is -2.28. The molecule has 0 aliphatic rings. The van der Waals surface area contributed by atoms with Gasteiger partial charge in [0.25, 0.3) is 0 Å². The summed E-state index contributed by atoms with van der Waals surface area (Å²) in [6.07, 6.45) is 0. The summed E-state index contributed by atoms with van der Waals surface area (Å²) in [6.45, 7) is 2.39. The van der Waals surface area contributed by atoms with Gasteiger partial charge in [-0.05, 0) is 48.4 Å². The van der Waals surface area contributed by atoms with Crippen LogP contribution in [0.4, 0.5) is 10.1 Å². The quantitative estimate of drug-likeness (QED) is 0.918. The third-order valence-electron chi connectivity index (χ3n) is 3.52. The van der Waals surface area contributed by atoms with Gasteiger partial charge >= 0.3 is 0 Å². The molecule has 1 unspecified atom stereocenters. The molecule has 0 aliphatic carbocycles. The van der Waals surface area contributed by atoms with Crippen molar-refractivity contribution < 1.29 is 4.39 Å². The van der Waals surface area contributed by atoms with Gasteiger partial charge in [-0.2, -0.15) is 0 Å². The van der Waals surface area contributed by atoms with Crippen LogP contribution in [0.1, 0.15) is 24.1 Å². The maximum atomic E-state index is 13.6. The molecule has 2 rings (SSSR count). The van der Waals surface area contributed by atoms with Gasteiger partial charge in [0.15, 0.2) is 0 Å². The Morgan fingerprint density at radius 2 is 1.85 bits per heavy atom. The van der Waals surface area contributed by atoms with Crippen LogP contribution >= 0.6 is 11.6 Å². The largest absolute Gasteiger partial charge is 0.368 e. The predicted molar refractivity (Wildman–Crippen MR) is 82.6 cm³/mol. The number of halogens is 2. The van der Waals surface area contributed by atoms with Crippen LogP contribution in [0.15, 0.2) is 42.5 Å². The van der Waals surface area contributed by atoms with E-state index in [0.29, 0.717) is 11.6 Å². The molecule has 1 atom stereocenters. The first-order valence-corrected chi connectivity index (χ1v) is 6.87. The molecule has 0 saturated heterocycles. The minimum Gasteiger partial charge on any atom is -0.368 e. The fourth-order valence-electron chi connectivity index (χ4n) is 2.14. The van der Waals surface area contributed by atoms with Crippen LogP contribution in [-0.2, 0) is 6.54 Å². The van der Waals surface area contributed by atoms with Crippen LogP contribution in [0.3, 0.4) is 0 Å². The van der Waals surface area contributed by atoms with Crippen LogP contribution in [-0.4, -0.2) is 7.05 Å². The monoisotopic (exact) mass is 292 g/mol. The average Bonchev–Trinajstić information content (AvgIpc) is 2.45. The van der Waals surface area contributed by atoms with Crippen molar-refractivity contribution in [3.8, 4) is 0 Å². The summed E-state index contributed by atoms with van der Waals surface area (Å²) in [5, 5.41) is 0.708. The first kappa shape index (κ1) is 14.8. The number of nitrogens with zero attached hydrogens (tertiary/aromatic N) is 1. The van der Waals surface area contributed by atoms with E-state index >= 15 is 0 Å². The molecule has 0 amide bonds. The normalized spacial score (nSPS) is 12.2. The lowest BCUT2D eigenvalue weighted by atomic mass is 10.1. The average molecular weight is 293 g/mol. The highest BCUT2D eigenvalue weighted by Crippen LogP contribution is 2.27. The molecule has 4 heteroatoms. The molecule has 106 valence electrons. The highest BCUT2D eigenvalue weighted by atomic mass is 35.5. The van der Waals surface area contributed by atoms with Crippen molar-refractivity contribution in [1.82, 2.24) is 0 Å². The molecule has 0 bridgehead atoms. The maximum absolute atomic E-state index is 13.6. The molecule has 2 N–H and O–H groups in total.